The molecule has 1 aromatic carbocycles. The second kappa shape index (κ2) is 5.07. The van der Waals surface area contributed by atoms with Crippen LogP contribution in [0.5, 0.6) is 5.75 Å². The van der Waals surface area contributed by atoms with E-state index in [1.165, 1.54) is 12.1 Å². The van der Waals surface area contributed by atoms with Crippen LogP contribution >= 0.6 is 0 Å². The van der Waals surface area contributed by atoms with Crippen LogP contribution in [0.25, 0.3) is 0 Å². The molecule has 0 aliphatic carbocycles. The zero-order chi connectivity index (χ0) is 13.0. The maximum Gasteiger partial charge on any atom is 0.256 e. The molecular formula is C13H14N2O3. The van der Waals surface area contributed by atoms with Crippen LogP contribution in [0.2, 0.25) is 0 Å². The molecule has 1 fully saturated rings. The first-order valence-corrected chi connectivity index (χ1v) is 5.76. The van der Waals surface area contributed by atoms with Crippen LogP contribution in [0.1, 0.15) is 23.2 Å². The predicted molar refractivity (Wildman–Crippen MR) is 64.0 cm³/mol. The van der Waals surface area contributed by atoms with E-state index in [-0.39, 0.29) is 11.3 Å². The largest absolute Gasteiger partial charge is 0.507 e. The number of aromatic hydroxyl groups is 1. The molecule has 1 aromatic rings. The number of rotatable bonds is 2. The average Bonchev–Trinajstić information content (AvgIpc) is 2.40. The molecule has 1 aliphatic rings. The summed E-state index contributed by atoms with van der Waals surface area (Å²) in [5.74, 6) is -0.522. The number of hydrogen-bond acceptors (Lipinski definition) is 4. The fourth-order valence-electron chi connectivity index (χ4n) is 1.93. The summed E-state index contributed by atoms with van der Waals surface area (Å²) < 4.78 is 5.19. The lowest BCUT2D eigenvalue weighted by molar-refractivity contribution is 0.0530. The molecule has 2 rings (SSSR count). The van der Waals surface area contributed by atoms with E-state index < -0.39 is 11.4 Å². The number of nitrogens with zero attached hydrogens (tertiary/aromatic N) is 1. The van der Waals surface area contributed by atoms with Crippen molar-refractivity contribution in [2.75, 3.05) is 13.2 Å². The number of benzene rings is 1. The van der Waals surface area contributed by atoms with Crippen LogP contribution in [-0.4, -0.2) is 29.8 Å². The summed E-state index contributed by atoms with van der Waals surface area (Å²) in [7, 11) is 0. The van der Waals surface area contributed by atoms with Gasteiger partial charge in [0.15, 0.2) is 0 Å². The van der Waals surface area contributed by atoms with Gasteiger partial charge in [-0.25, -0.2) is 0 Å². The second-order valence-electron chi connectivity index (χ2n) is 4.28. The number of carbonyl (C=O) groups excluding carboxylic acids is 1. The molecule has 0 spiro atoms. The third-order valence-corrected chi connectivity index (χ3v) is 3.06. The Labute approximate surface area is 105 Å². The van der Waals surface area contributed by atoms with Gasteiger partial charge in [-0.3, -0.25) is 4.79 Å². The van der Waals surface area contributed by atoms with Crippen molar-refractivity contribution < 1.29 is 14.6 Å². The van der Waals surface area contributed by atoms with Gasteiger partial charge in [-0.05, 0) is 12.1 Å². The summed E-state index contributed by atoms with van der Waals surface area (Å²) in [6.45, 7) is 0.906. The van der Waals surface area contributed by atoms with E-state index in [1.807, 2.05) is 0 Å². The highest BCUT2D eigenvalue weighted by molar-refractivity contribution is 5.97. The molecule has 0 unspecified atom stereocenters. The second-order valence-corrected chi connectivity index (χ2v) is 4.28. The maximum atomic E-state index is 12.0. The lowest BCUT2D eigenvalue weighted by atomic mass is 9.91. The number of phenols is 1. The summed E-state index contributed by atoms with van der Waals surface area (Å²) >= 11 is 0. The number of amides is 1. The highest BCUT2D eigenvalue weighted by Gasteiger charge is 2.34. The summed E-state index contributed by atoms with van der Waals surface area (Å²) in [6, 6.07) is 8.41. The van der Waals surface area contributed by atoms with E-state index in [0.717, 1.165) is 0 Å². The number of nitriles is 1. The summed E-state index contributed by atoms with van der Waals surface area (Å²) in [5, 5.41) is 21.5. The van der Waals surface area contributed by atoms with Gasteiger partial charge in [-0.2, -0.15) is 5.26 Å². The molecule has 2 N–H and O–H groups in total. The minimum Gasteiger partial charge on any atom is -0.507 e. The normalized spacial score (nSPS) is 17.7. The first-order valence-electron chi connectivity index (χ1n) is 5.76. The van der Waals surface area contributed by atoms with Crippen molar-refractivity contribution in [3.8, 4) is 11.8 Å². The Morgan fingerprint density at radius 1 is 1.39 bits per heavy atom. The van der Waals surface area contributed by atoms with Crippen molar-refractivity contribution in [3.05, 3.63) is 29.8 Å². The number of hydrogen-bond donors (Lipinski definition) is 2. The zero-order valence-corrected chi connectivity index (χ0v) is 9.85. The maximum absolute atomic E-state index is 12.0. The molecule has 0 radical (unpaired) electrons. The standard InChI is InChI=1S/C13H14N2O3/c14-9-13(5-7-18-8-6-13)15-12(17)10-3-1-2-4-11(10)16/h1-4,16H,5-8H2,(H,15,17). The Hall–Kier alpha value is -2.06. The highest BCUT2D eigenvalue weighted by Crippen LogP contribution is 2.22. The Morgan fingerprint density at radius 3 is 2.67 bits per heavy atom. The minimum atomic E-state index is -0.891. The third kappa shape index (κ3) is 2.44. The van der Waals surface area contributed by atoms with Crippen molar-refractivity contribution >= 4 is 5.91 Å². The number of para-hydroxylation sites is 1. The summed E-state index contributed by atoms with van der Waals surface area (Å²) in [5.41, 5.74) is -0.712. The zero-order valence-electron chi connectivity index (χ0n) is 9.85. The number of carbonyl (C=O) groups is 1. The molecule has 0 atom stereocenters. The van der Waals surface area contributed by atoms with Gasteiger partial charge in [0.1, 0.15) is 11.3 Å². The molecule has 0 bridgehead atoms. The molecule has 0 aromatic heterocycles. The van der Waals surface area contributed by atoms with Gasteiger partial charge < -0.3 is 15.2 Å². The number of ether oxygens (including phenoxy) is 1. The van der Waals surface area contributed by atoms with Crippen LogP contribution in [0.15, 0.2) is 24.3 Å². The molecule has 94 valence electrons. The number of nitrogens with one attached hydrogen (secondary N) is 1. The Bertz CT molecular complexity index is 487. The van der Waals surface area contributed by atoms with Crippen molar-refractivity contribution in [2.24, 2.45) is 0 Å². The monoisotopic (exact) mass is 246 g/mol. The summed E-state index contributed by atoms with van der Waals surface area (Å²) in [6.07, 6.45) is 0.922. The quantitative estimate of drug-likeness (QED) is 0.821. The fourth-order valence-corrected chi connectivity index (χ4v) is 1.93. The number of phenolic OH excluding ortho intramolecular Hbond substituents is 1. The molecule has 1 amide bonds. The van der Waals surface area contributed by atoms with Gasteiger partial charge in [0.05, 0.1) is 11.6 Å². The van der Waals surface area contributed by atoms with E-state index in [0.29, 0.717) is 26.1 Å². The van der Waals surface area contributed by atoms with Gasteiger partial charge >= 0.3 is 0 Å². The van der Waals surface area contributed by atoms with Crippen LogP contribution in [-0.2, 0) is 4.74 Å². The third-order valence-electron chi connectivity index (χ3n) is 3.06. The van der Waals surface area contributed by atoms with Crippen molar-refractivity contribution in [1.82, 2.24) is 5.32 Å². The summed E-state index contributed by atoms with van der Waals surface area (Å²) in [4.78, 5) is 12.0. The predicted octanol–water partition coefficient (Wildman–Crippen LogP) is 1.19. The fraction of sp³-hybridized carbons (Fsp3) is 0.385. The van der Waals surface area contributed by atoms with Gasteiger partial charge in [-0.15, -0.1) is 0 Å². The van der Waals surface area contributed by atoms with E-state index in [2.05, 4.69) is 11.4 Å². The van der Waals surface area contributed by atoms with E-state index >= 15 is 0 Å². The average molecular weight is 246 g/mol. The molecule has 1 aliphatic heterocycles. The van der Waals surface area contributed by atoms with Crippen molar-refractivity contribution in [1.29, 1.82) is 5.26 Å². The Kier molecular flexibility index (Phi) is 3.49. The van der Waals surface area contributed by atoms with Crippen molar-refractivity contribution in [3.63, 3.8) is 0 Å². The topological polar surface area (TPSA) is 82.4 Å². The molecule has 1 saturated heterocycles. The molecule has 0 saturated carbocycles. The van der Waals surface area contributed by atoms with E-state index in [4.69, 9.17) is 4.74 Å². The Balaban J connectivity index is 2.16. The van der Waals surface area contributed by atoms with Crippen LogP contribution < -0.4 is 5.32 Å². The molecule has 1 heterocycles. The van der Waals surface area contributed by atoms with Gasteiger partial charge in [0.25, 0.3) is 5.91 Å². The first kappa shape index (κ1) is 12.4. The van der Waals surface area contributed by atoms with Gasteiger partial charge in [-0.1, -0.05) is 12.1 Å². The molecule has 18 heavy (non-hydrogen) atoms. The first-order chi connectivity index (χ1) is 8.67. The smallest absolute Gasteiger partial charge is 0.256 e. The minimum absolute atomic E-state index is 0.0878. The van der Waals surface area contributed by atoms with Crippen LogP contribution in [0.3, 0.4) is 0 Å². The Morgan fingerprint density at radius 2 is 2.06 bits per heavy atom. The lowest BCUT2D eigenvalue weighted by Gasteiger charge is -2.31. The van der Waals surface area contributed by atoms with Crippen LogP contribution in [0.4, 0.5) is 0 Å². The van der Waals surface area contributed by atoms with Gasteiger partial charge in [0.2, 0.25) is 0 Å². The van der Waals surface area contributed by atoms with Gasteiger partial charge in [0, 0.05) is 26.1 Å². The highest BCUT2D eigenvalue weighted by atomic mass is 16.5. The molecule has 5 heteroatoms. The van der Waals surface area contributed by atoms with Crippen LogP contribution in [0, 0.1) is 11.3 Å². The lowest BCUT2D eigenvalue weighted by Crippen LogP contribution is -2.50. The molecule has 5 nitrogen and oxygen atoms in total. The van der Waals surface area contributed by atoms with E-state index in [1.54, 1.807) is 12.1 Å². The van der Waals surface area contributed by atoms with E-state index in [9.17, 15) is 15.2 Å². The SMILES string of the molecule is N#CC1(NC(=O)c2ccccc2O)CCOCC1. The molecular weight excluding hydrogens is 232 g/mol. The van der Waals surface area contributed by atoms with Crippen molar-refractivity contribution in [2.45, 2.75) is 18.4 Å².